The topological polar surface area (TPSA) is 52.6 Å². The van der Waals surface area contributed by atoms with Crippen LogP contribution in [0.2, 0.25) is 0 Å². The van der Waals surface area contributed by atoms with Crippen molar-refractivity contribution < 1.29 is 19.1 Å². The molecule has 0 radical (unpaired) electrons. The lowest BCUT2D eigenvalue weighted by molar-refractivity contribution is 0.0442. The van der Waals surface area contributed by atoms with Crippen molar-refractivity contribution in [3.8, 4) is 5.75 Å². The van der Waals surface area contributed by atoms with Gasteiger partial charge in [0, 0.05) is 0 Å². The van der Waals surface area contributed by atoms with E-state index in [2.05, 4.69) is 4.74 Å². The number of carbonyl (C=O) groups excluding carboxylic acids is 2. The molecule has 0 N–H and O–H groups in total. The number of aryl methyl sites for hydroxylation is 1. The minimum atomic E-state index is -0.634. The number of benzene rings is 1. The van der Waals surface area contributed by atoms with E-state index < -0.39 is 11.9 Å². The van der Waals surface area contributed by atoms with Gasteiger partial charge >= 0.3 is 11.9 Å². The first-order valence-electron chi connectivity index (χ1n) is 4.09. The van der Waals surface area contributed by atoms with E-state index in [-0.39, 0.29) is 5.56 Å². The Labute approximate surface area is 80.4 Å². The molecular formula is C10H8O4. The minimum Gasteiger partial charge on any atom is -0.496 e. The van der Waals surface area contributed by atoms with Crippen LogP contribution in [0.25, 0.3) is 0 Å². The van der Waals surface area contributed by atoms with Gasteiger partial charge in [-0.3, -0.25) is 0 Å². The molecule has 1 aromatic rings. The molecule has 0 aliphatic carbocycles. The van der Waals surface area contributed by atoms with E-state index in [0.29, 0.717) is 11.3 Å². The number of ether oxygens (including phenoxy) is 2. The van der Waals surface area contributed by atoms with E-state index in [1.165, 1.54) is 7.11 Å². The maximum Gasteiger partial charge on any atom is 0.350 e. The molecule has 0 unspecified atom stereocenters. The van der Waals surface area contributed by atoms with Gasteiger partial charge in [-0.05, 0) is 18.6 Å². The molecule has 1 aliphatic heterocycles. The number of esters is 2. The second kappa shape index (κ2) is 2.83. The summed E-state index contributed by atoms with van der Waals surface area (Å²) < 4.78 is 9.47. The highest BCUT2D eigenvalue weighted by atomic mass is 16.6. The van der Waals surface area contributed by atoms with Crippen molar-refractivity contribution in [1.29, 1.82) is 0 Å². The molecule has 0 saturated heterocycles. The Kier molecular flexibility index (Phi) is 1.77. The molecular weight excluding hydrogens is 184 g/mol. The maximum absolute atomic E-state index is 11.3. The molecule has 0 fully saturated rings. The predicted octanol–water partition coefficient (Wildman–Crippen LogP) is 1.31. The highest BCUT2D eigenvalue weighted by Gasteiger charge is 2.34. The van der Waals surface area contributed by atoms with Crippen LogP contribution in [0.3, 0.4) is 0 Å². The first kappa shape index (κ1) is 8.74. The van der Waals surface area contributed by atoms with Crippen molar-refractivity contribution in [2.45, 2.75) is 6.92 Å². The first-order valence-corrected chi connectivity index (χ1v) is 4.09. The lowest BCUT2D eigenvalue weighted by Crippen LogP contribution is -1.98. The summed E-state index contributed by atoms with van der Waals surface area (Å²) in [6.45, 7) is 1.75. The molecule has 2 rings (SSSR count). The van der Waals surface area contributed by atoms with Crippen molar-refractivity contribution in [2.24, 2.45) is 0 Å². The zero-order chi connectivity index (χ0) is 10.3. The van der Waals surface area contributed by atoms with Gasteiger partial charge in [0.1, 0.15) is 11.3 Å². The quantitative estimate of drug-likeness (QED) is 0.497. The Morgan fingerprint density at radius 2 is 1.79 bits per heavy atom. The smallest absolute Gasteiger partial charge is 0.350 e. The molecule has 0 amide bonds. The van der Waals surface area contributed by atoms with Crippen molar-refractivity contribution in [1.82, 2.24) is 0 Å². The third kappa shape index (κ3) is 1.00. The molecule has 0 saturated carbocycles. The highest BCUT2D eigenvalue weighted by Crippen LogP contribution is 2.31. The zero-order valence-electron chi connectivity index (χ0n) is 7.79. The highest BCUT2D eigenvalue weighted by molar-refractivity contribution is 6.16. The number of methoxy groups -OCH3 is 1. The van der Waals surface area contributed by atoms with Gasteiger partial charge in [0.05, 0.1) is 12.7 Å². The molecule has 1 aliphatic rings. The Bertz CT molecular complexity index is 434. The lowest BCUT2D eigenvalue weighted by Gasteiger charge is -2.04. The van der Waals surface area contributed by atoms with E-state index in [0.717, 1.165) is 5.56 Å². The molecule has 4 nitrogen and oxygen atoms in total. The van der Waals surface area contributed by atoms with Gasteiger partial charge < -0.3 is 9.47 Å². The fourth-order valence-corrected chi connectivity index (χ4v) is 1.51. The van der Waals surface area contributed by atoms with Gasteiger partial charge in [0.2, 0.25) is 0 Å². The second-order valence-corrected chi connectivity index (χ2v) is 3.01. The summed E-state index contributed by atoms with van der Waals surface area (Å²) in [4.78, 5) is 22.6. The van der Waals surface area contributed by atoms with E-state index in [4.69, 9.17) is 4.74 Å². The van der Waals surface area contributed by atoms with Crippen molar-refractivity contribution in [3.05, 3.63) is 28.8 Å². The number of hydrogen-bond acceptors (Lipinski definition) is 4. The summed E-state index contributed by atoms with van der Waals surface area (Å²) >= 11 is 0. The van der Waals surface area contributed by atoms with E-state index in [1.807, 2.05) is 0 Å². The molecule has 0 aromatic heterocycles. The normalized spacial score (nSPS) is 13.9. The Morgan fingerprint density at radius 3 is 2.43 bits per heavy atom. The van der Waals surface area contributed by atoms with Crippen molar-refractivity contribution >= 4 is 11.9 Å². The molecule has 72 valence electrons. The second-order valence-electron chi connectivity index (χ2n) is 3.01. The average molecular weight is 192 g/mol. The van der Waals surface area contributed by atoms with Crippen LogP contribution in [0.15, 0.2) is 12.1 Å². The average Bonchev–Trinajstić information content (AvgIpc) is 2.44. The van der Waals surface area contributed by atoms with Gasteiger partial charge in [-0.1, -0.05) is 6.07 Å². The molecule has 14 heavy (non-hydrogen) atoms. The fourth-order valence-electron chi connectivity index (χ4n) is 1.51. The molecule has 1 aromatic carbocycles. The summed E-state index contributed by atoms with van der Waals surface area (Å²) in [5.41, 5.74) is 1.27. The summed E-state index contributed by atoms with van der Waals surface area (Å²) in [6.07, 6.45) is 0. The van der Waals surface area contributed by atoms with Crippen LogP contribution in [0.4, 0.5) is 0 Å². The van der Waals surface area contributed by atoms with Crippen LogP contribution in [0, 0.1) is 6.92 Å². The Hall–Kier alpha value is -1.84. The molecule has 0 atom stereocenters. The summed E-state index contributed by atoms with van der Waals surface area (Å²) in [6, 6.07) is 3.37. The number of fused-ring (bicyclic) bond motifs is 1. The van der Waals surface area contributed by atoms with Crippen LogP contribution in [0.1, 0.15) is 26.3 Å². The summed E-state index contributed by atoms with van der Waals surface area (Å²) in [7, 11) is 1.45. The minimum absolute atomic E-state index is 0.234. The van der Waals surface area contributed by atoms with E-state index in [9.17, 15) is 9.59 Å². The van der Waals surface area contributed by atoms with Crippen molar-refractivity contribution in [3.63, 3.8) is 0 Å². The molecule has 4 heteroatoms. The summed E-state index contributed by atoms with van der Waals surface area (Å²) in [5.74, 6) is -0.853. The zero-order valence-corrected chi connectivity index (χ0v) is 7.79. The van der Waals surface area contributed by atoms with Crippen molar-refractivity contribution in [2.75, 3.05) is 7.11 Å². The van der Waals surface area contributed by atoms with E-state index >= 15 is 0 Å². The van der Waals surface area contributed by atoms with Gasteiger partial charge in [-0.2, -0.15) is 0 Å². The third-order valence-electron chi connectivity index (χ3n) is 2.19. The Balaban J connectivity index is 2.76. The SMILES string of the molecule is COc1ccc(C)c2c1C(=O)OC2=O. The predicted molar refractivity (Wildman–Crippen MR) is 47.5 cm³/mol. The molecule has 1 heterocycles. The number of carbonyl (C=O) groups is 2. The number of cyclic esters (lactones) is 2. The van der Waals surface area contributed by atoms with Gasteiger partial charge in [0.25, 0.3) is 0 Å². The Morgan fingerprint density at radius 1 is 1.14 bits per heavy atom. The van der Waals surface area contributed by atoms with Crippen LogP contribution < -0.4 is 4.74 Å². The standard InChI is InChI=1S/C10H8O4/c1-5-3-4-6(13-2)8-7(5)9(11)14-10(8)12/h3-4H,1-2H3. The van der Waals surface area contributed by atoms with Crippen LogP contribution >= 0.6 is 0 Å². The lowest BCUT2D eigenvalue weighted by atomic mass is 10.0. The molecule has 0 spiro atoms. The van der Waals surface area contributed by atoms with E-state index in [1.54, 1.807) is 19.1 Å². The molecule has 0 bridgehead atoms. The van der Waals surface area contributed by atoms with Crippen LogP contribution in [0.5, 0.6) is 5.75 Å². The van der Waals surface area contributed by atoms with Crippen LogP contribution in [-0.4, -0.2) is 19.0 Å². The largest absolute Gasteiger partial charge is 0.496 e. The maximum atomic E-state index is 11.3. The van der Waals surface area contributed by atoms with Gasteiger partial charge in [-0.25, -0.2) is 9.59 Å². The van der Waals surface area contributed by atoms with Gasteiger partial charge in [-0.15, -0.1) is 0 Å². The number of rotatable bonds is 1. The van der Waals surface area contributed by atoms with Gasteiger partial charge in [0.15, 0.2) is 0 Å². The van der Waals surface area contributed by atoms with Crippen LogP contribution in [-0.2, 0) is 4.74 Å². The fraction of sp³-hybridized carbons (Fsp3) is 0.200. The summed E-state index contributed by atoms with van der Waals surface area (Å²) in [5, 5.41) is 0. The third-order valence-corrected chi connectivity index (χ3v) is 2.19. The monoisotopic (exact) mass is 192 g/mol. The first-order chi connectivity index (χ1) is 6.65. The number of hydrogen-bond donors (Lipinski definition) is 0.